The Morgan fingerprint density at radius 2 is 1.75 bits per heavy atom. The SMILES string of the molecule is O=S(=O)(c1c(F)cccc1F)N1CCNCC1c1ccccc1Cl. The average molecular weight is 373 g/mol. The van der Waals surface area contributed by atoms with Crippen molar-refractivity contribution in [2.45, 2.75) is 10.9 Å². The number of hydrogen-bond acceptors (Lipinski definition) is 3. The monoisotopic (exact) mass is 372 g/mol. The number of benzene rings is 2. The zero-order chi connectivity index (χ0) is 17.3. The fourth-order valence-corrected chi connectivity index (χ4v) is 4.81. The molecule has 1 heterocycles. The summed E-state index contributed by atoms with van der Waals surface area (Å²) < 4.78 is 54.9. The van der Waals surface area contributed by atoms with Crippen molar-refractivity contribution in [2.24, 2.45) is 0 Å². The first-order valence-corrected chi connectivity index (χ1v) is 9.15. The number of halogens is 3. The molecule has 0 amide bonds. The van der Waals surface area contributed by atoms with Crippen molar-refractivity contribution in [3.8, 4) is 0 Å². The second kappa shape index (κ2) is 6.76. The van der Waals surface area contributed by atoms with E-state index in [-0.39, 0.29) is 6.54 Å². The Balaban J connectivity index is 2.10. The Morgan fingerprint density at radius 3 is 2.42 bits per heavy atom. The second-order valence-corrected chi connectivity index (χ2v) is 7.64. The zero-order valence-corrected chi connectivity index (χ0v) is 14.1. The lowest BCUT2D eigenvalue weighted by Crippen LogP contribution is -2.49. The van der Waals surface area contributed by atoms with E-state index in [9.17, 15) is 17.2 Å². The summed E-state index contributed by atoms with van der Waals surface area (Å²) >= 11 is 6.18. The van der Waals surface area contributed by atoms with Crippen LogP contribution in [0.25, 0.3) is 0 Å². The lowest BCUT2D eigenvalue weighted by Gasteiger charge is -2.35. The molecule has 4 nitrogen and oxygen atoms in total. The number of piperazine rings is 1. The van der Waals surface area contributed by atoms with Crippen molar-refractivity contribution >= 4 is 21.6 Å². The molecule has 3 rings (SSSR count). The van der Waals surface area contributed by atoms with Crippen LogP contribution in [0.4, 0.5) is 8.78 Å². The van der Waals surface area contributed by atoms with E-state index >= 15 is 0 Å². The maximum atomic E-state index is 14.0. The average Bonchev–Trinajstić information content (AvgIpc) is 2.55. The Hall–Kier alpha value is -1.54. The first kappa shape index (κ1) is 17.3. The Labute approximate surface area is 144 Å². The highest BCUT2D eigenvalue weighted by Crippen LogP contribution is 2.34. The quantitative estimate of drug-likeness (QED) is 0.901. The summed E-state index contributed by atoms with van der Waals surface area (Å²) in [7, 11) is -4.35. The number of hydrogen-bond donors (Lipinski definition) is 1. The van der Waals surface area contributed by atoms with Gasteiger partial charge in [0, 0.05) is 24.7 Å². The van der Waals surface area contributed by atoms with E-state index < -0.39 is 32.6 Å². The molecule has 0 saturated carbocycles. The maximum absolute atomic E-state index is 14.0. The number of nitrogens with zero attached hydrogens (tertiary/aromatic N) is 1. The van der Waals surface area contributed by atoms with Crippen LogP contribution in [0.3, 0.4) is 0 Å². The van der Waals surface area contributed by atoms with Crippen LogP contribution in [-0.2, 0) is 10.0 Å². The lowest BCUT2D eigenvalue weighted by atomic mass is 10.1. The van der Waals surface area contributed by atoms with Gasteiger partial charge in [-0.25, -0.2) is 17.2 Å². The Bertz CT molecular complexity index is 841. The van der Waals surface area contributed by atoms with E-state index in [0.29, 0.717) is 23.7 Å². The minimum Gasteiger partial charge on any atom is -0.313 e. The predicted octanol–water partition coefficient (Wildman–Crippen LogP) is 2.95. The molecule has 1 atom stereocenters. The van der Waals surface area contributed by atoms with Gasteiger partial charge in [-0.2, -0.15) is 4.31 Å². The lowest BCUT2D eigenvalue weighted by molar-refractivity contribution is 0.269. The van der Waals surface area contributed by atoms with Crippen molar-refractivity contribution in [1.82, 2.24) is 9.62 Å². The molecule has 0 aliphatic carbocycles. The van der Waals surface area contributed by atoms with Crippen molar-refractivity contribution < 1.29 is 17.2 Å². The van der Waals surface area contributed by atoms with Gasteiger partial charge in [-0.05, 0) is 23.8 Å². The largest absolute Gasteiger partial charge is 0.313 e. The van der Waals surface area contributed by atoms with Gasteiger partial charge >= 0.3 is 0 Å². The van der Waals surface area contributed by atoms with Crippen LogP contribution in [0.15, 0.2) is 47.4 Å². The van der Waals surface area contributed by atoms with Crippen molar-refractivity contribution in [1.29, 1.82) is 0 Å². The summed E-state index contributed by atoms with van der Waals surface area (Å²) in [4.78, 5) is -0.927. The molecule has 1 N–H and O–H groups in total. The Morgan fingerprint density at radius 1 is 1.08 bits per heavy atom. The molecule has 1 aliphatic rings. The first-order valence-electron chi connectivity index (χ1n) is 7.34. The second-order valence-electron chi connectivity index (χ2n) is 5.41. The molecular weight excluding hydrogens is 358 g/mol. The highest BCUT2D eigenvalue weighted by molar-refractivity contribution is 7.89. The van der Waals surface area contributed by atoms with Crippen LogP contribution in [-0.4, -0.2) is 32.4 Å². The van der Waals surface area contributed by atoms with Gasteiger partial charge in [-0.1, -0.05) is 35.9 Å². The van der Waals surface area contributed by atoms with E-state index in [1.165, 1.54) is 0 Å². The summed E-state index contributed by atoms with van der Waals surface area (Å²) in [6.45, 7) is 0.779. The van der Waals surface area contributed by atoms with Crippen LogP contribution >= 0.6 is 11.6 Å². The van der Waals surface area contributed by atoms with Gasteiger partial charge in [-0.15, -0.1) is 0 Å². The van der Waals surface area contributed by atoms with Crippen LogP contribution in [0.5, 0.6) is 0 Å². The van der Waals surface area contributed by atoms with Gasteiger partial charge in [0.15, 0.2) is 4.90 Å². The number of rotatable bonds is 3. The predicted molar refractivity (Wildman–Crippen MR) is 87.3 cm³/mol. The molecule has 1 saturated heterocycles. The van der Waals surface area contributed by atoms with Gasteiger partial charge in [-0.3, -0.25) is 0 Å². The molecule has 1 fully saturated rings. The third-order valence-electron chi connectivity index (χ3n) is 3.94. The van der Waals surface area contributed by atoms with E-state index in [2.05, 4.69) is 5.32 Å². The normalized spacial score (nSPS) is 19.4. The molecule has 0 aromatic heterocycles. The highest BCUT2D eigenvalue weighted by atomic mass is 35.5. The third kappa shape index (κ3) is 3.04. The van der Waals surface area contributed by atoms with Crippen LogP contribution in [0, 0.1) is 11.6 Å². The van der Waals surface area contributed by atoms with Crippen LogP contribution in [0.1, 0.15) is 11.6 Å². The van der Waals surface area contributed by atoms with E-state index in [4.69, 9.17) is 11.6 Å². The highest BCUT2D eigenvalue weighted by Gasteiger charge is 2.38. The topological polar surface area (TPSA) is 49.4 Å². The molecule has 0 bridgehead atoms. The molecule has 0 radical (unpaired) electrons. The number of sulfonamides is 1. The molecule has 2 aromatic rings. The smallest absolute Gasteiger partial charge is 0.249 e. The van der Waals surface area contributed by atoms with Gasteiger partial charge < -0.3 is 5.32 Å². The molecule has 128 valence electrons. The van der Waals surface area contributed by atoms with Crippen LogP contribution in [0.2, 0.25) is 5.02 Å². The van der Waals surface area contributed by atoms with E-state index in [1.807, 2.05) is 0 Å². The zero-order valence-electron chi connectivity index (χ0n) is 12.5. The maximum Gasteiger partial charge on any atom is 0.249 e. The van der Waals surface area contributed by atoms with Gasteiger partial charge in [0.1, 0.15) is 11.6 Å². The fraction of sp³-hybridized carbons (Fsp3) is 0.250. The molecule has 1 unspecified atom stereocenters. The van der Waals surface area contributed by atoms with Gasteiger partial charge in [0.25, 0.3) is 0 Å². The summed E-state index contributed by atoms with van der Waals surface area (Å²) in [6, 6.07) is 9.19. The van der Waals surface area contributed by atoms with E-state index in [0.717, 1.165) is 22.5 Å². The van der Waals surface area contributed by atoms with Crippen molar-refractivity contribution in [3.05, 3.63) is 64.7 Å². The van der Waals surface area contributed by atoms with Crippen molar-refractivity contribution in [3.63, 3.8) is 0 Å². The minimum absolute atomic E-state index is 0.0893. The van der Waals surface area contributed by atoms with Crippen molar-refractivity contribution in [2.75, 3.05) is 19.6 Å². The standard InChI is InChI=1S/C16H15ClF2N2O2S/c17-12-5-2-1-4-11(12)15-10-20-8-9-21(15)24(22,23)16-13(18)6-3-7-14(16)19/h1-7,15,20H,8-10H2. The molecule has 0 spiro atoms. The number of nitrogens with one attached hydrogen (secondary N) is 1. The molecule has 8 heteroatoms. The summed E-state index contributed by atoms with van der Waals surface area (Å²) in [6.07, 6.45) is 0. The summed E-state index contributed by atoms with van der Waals surface area (Å²) in [5.74, 6) is -2.21. The minimum atomic E-state index is -4.35. The third-order valence-corrected chi connectivity index (χ3v) is 6.25. The molecule has 24 heavy (non-hydrogen) atoms. The molecule has 2 aromatic carbocycles. The first-order chi connectivity index (χ1) is 11.4. The van der Waals surface area contributed by atoms with Crippen LogP contribution < -0.4 is 5.32 Å². The van der Waals surface area contributed by atoms with E-state index in [1.54, 1.807) is 24.3 Å². The fourth-order valence-electron chi connectivity index (χ4n) is 2.83. The molecular formula is C16H15ClF2N2O2S. The summed E-state index contributed by atoms with van der Waals surface area (Å²) in [5.41, 5.74) is 0.590. The molecule has 1 aliphatic heterocycles. The Kier molecular flexibility index (Phi) is 4.87. The summed E-state index contributed by atoms with van der Waals surface area (Å²) in [5, 5.41) is 3.49. The van der Waals surface area contributed by atoms with Gasteiger partial charge in [0.2, 0.25) is 10.0 Å². The van der Waals surface area contributed by atoms with Gasteiger partial charge in [0.05, 0.1) is 6.04 Å².